The van der Waals surface area contributed by atoms with Crippen molar-refractivity contribution < 1.29 is 47.0 Å². The van der Waals surface area contributed by atoms with E-state index in [1.54, 1.807) is 13.5 Å². The fraction of sp³-hybridized carbons (Fsp3) is 0.526. The zero-order valence-electron chi connectivity index (χ0n) is 14.8. The summed E-state index contributed by atoms with van der Waals surface area (Å²) in [5.74, 6) is 0.972. The van der Waals surface area contributed by atoms with Gasteiger partial charge in [0, 0.05) is 57.3 Å². The van der Waals surface area contributed by atoms with Crippen LogP contribution in [0.15, 0.2) is 18.2 Å². The summed E-state index contributed by atoms with van der Waals surface area (Å²) >= 11 is 0. The minimum Gasteiger partial charge on any atom is -0.550 e. The molecular formula is C19H26N2O3Y-2. The van der Waals surface area contributed by atoms with E-state index in [1.165, 1.54) is 18.4 Å². The number of fused-ring (bicyclic) bond motifs is 2. The first-order valence-corrected chi connectivity index (χ1v) is 8.54. The first-order chi connectivity index (χ1) is 11.7. The van der Waals surface area contributed by atoms with Gasteiger partial charge in [-0.15, -0.1) is 11.6 Å². The molecule has 1 aromatic rings. The van der Waals surface area contributed by atoms with E-state index in [-0.39, 0.29) is 38.6 Å². The van der Waals surface area contributed by atoms with Gasteiger partial charge in [0.15, 0.2) is 0 Å². The average Bonchev–Trinajstić information content (AvgIpc) is 2.98. The van der Waals surface area contributed by atoms with Crippen LogP contribution in [0.4, 0.5) is 0 Å². The Hall–Kier alpha value is -0.906. The van der Waals surface area contributed by atoms with Gasteiger partial charge in [0.25, 0.3) is 0 Å². The molecule has 25 heavy (non-hydrogen) atoms. The normalized spacial score (nSPS) is 16.4. The molecule has 1 amide bonds. The van der Waals surface area contributed by atoms with Crippen LogP contribution >= 0.6 is 0 Å². The van der Waals surface area contributed by atoms with Crippen molar-refractivity contribution in [2.24, 2.45) is 0 Å². The Morgan fingerprint density at radius 1 is 1.48 bits per heavy atom. The van der Waals surface area contributed by atoms with Crippen LogP contribution in [0.1, 0.15) is 37.7 Å². The molecule has 5 nitrogen and oxygen atoms in total. The van der Waals surface area contributed by atoms with Gasteiger partial charge >= 0.3 is 0 Å². The number of aldehydes is 1. The van der Waals surface area contributed by atoms with Gasteiger partial charge in [0.2, 0.25) is 0 Å². The number of carbonyl (C=O) groups excluding carboxylic acids is 2. The van der Waals surface area contributed by atoms with E-state index in [4.69, 9.17) is 4.74 Å². The third-order valence-corrected chi connectivity index (χ3v) is 4.56. The minimum atomic E-state index is -0.0779. The summed E-state index contributed by atoms with van der Waals surface area (Å²) in [6.45, 7) is 3.09. The molecule has 1 radical (unpaired) electrons. The molecule has 1 saturated heterocycles. The molecule has 2 N–H and O–H groups in total. The van der Waals surface area contributed by atoms with Crippen LogP contribution in [0.3, 0.4) is 0 Å². The molecular weight excluding hydrogens is 393 g/mol. The summed E-state index contributed by atoms with van der Waals surface area (Å²) in [4.78, 5) is 20.3. The molecule has 0 bridgehead atoms. The van der Waals surface area contributed by atoms with Crippen molar-refractivity contribution in [1.82, 2.24) is 10.6 Å². The number of amides is 1. The van der Waals surface area contributed by atoms with E-state index < -0.39 is 0 Å². The van der Waals surface area contributed by atoms with Crippen molar-refractivity contribution in [3.8, 4) is 5.75 Å². The summed E-state index contributed by atoms with van der Waals surface area (Å²) in [5.41, 5.74) is 1.70. The molecule has 0 aromatic heterocycles. The van der Waals surface area contributed by atoms with E-state index in [0.717, 1.165) is 38.2 Å². The van der Waals surface area contributed by atoms with Crippen LogP contribution in [-0.4, -0.2) is 38.9 Å². The fourth-order valence-electron chi connectivity index (χ4n) is 3.12. The van der Waals surface area contributed by atoms with E-state index >= 15 is 0 Å². The third-order valence-electron chi connectivity index (χ3n) is 4.56. The molecule has 1 spiro atoms. The number of rotatable bonds is 5. The van der Waals surface area contributed by atoms with Crippen LogP contribution in [-0.2, 0) is 47.7 Å². The molecule has 3 rings (SSSR count). The fourth-order valence-corrected chi connectivity index (χ4v) is 3.12. The number of hydrogen-bond acceptors (Lipinski definition) is 4. The number of piperidine rings is 1. The number of nitrogens with one attached hydrogen (secondary N) is 2. The maximum Gasteiger partial charge on any atom is 0.119 e. The Labute approximate surface area is 175 Å². The van der Waals surface area contributed by atoms with Crippen LogP contribution in [0.5, 0.6) is 5.75 Å². The van der Waals surface area contributed by atoms with Gasteiger partial charge < -0.3 is 31.4 Å². The summed E-state index contributed by atoms with van der Waals surface area (Å²) in [5, 5.41) is 5.86. The topological polar surface area (TPSA) is 67.4 Å². The molecule has 6 heteroatoms. The van der Waals surface area contributed by atoms with E-state index in [0.29, 0.717) is 18.3 Å². The zero-order valence-corrected chi connectivity index (χ0v) is 17.7. The molecule has 2 aliphatic rings. The van der Waals surface area contributed by atoms with Crippen molar-refractivity contribution >= 4 is 12.2 Å². The van der Waals surface area contributed by atoms with E-state index in [9.17, 15) is 9.59 Å². The first kappa shape index (κ1) is 22.1. The van der Waals surface area contributed by atoms with E-state index in [1.807, 2.05) is 12.1 Å². The number of hydrogen-bond donors (Lipinski definition) is 2. The van der Waals surface area contributed by atoms with Crippen molar-refractivity contribution in [1.29, 1.82) is 0 Å². The predicted octanol–water partition coefficient (Wildman–Crippen LogP) is 1.80. The molecule has 135 valence electrons. The molecule has 0 aliphatic carbocycles. The van der Waals surface area contributed by atoms with Gasteiger partial charge in [0.1, 0.15) is 6.29 Å². The summed E-state index contributed by atoms with van der Waals surface area (Å²) in [6, 6.07) is 9.21. The van der Waals surface area contributed by atoms with Gasteiger partial charge in [-0.25, -0.2) is 0 Å². The zero-order chi connectivity index (χ0) is 17.3. The Kier molecular flexibility index (Phi) is 10.3. The summed E-state index contributed by atoms with van der Waals surface area (Å²) in [7, 11) is 1.58. The minimum absolute atomic E-state index is 0. The molecule has 1 aromatic carbocycles. The average molecular weight is 419 g/mol. The maximum absolute atomic E-state index is 10.5. The van der Waals surface area contributed by atoms with Crippen molar-refractivity contribution in [2.45, 2.75) is 37.5 Å². The number of benzene rings is 1. The van der Waals surface area contributed by atoms with Gasteiger partial charge in [-0.1, -0.05) is 6.42 Å². The largest absolute Gasteiger partial charge is 0.550 e. The molecule has 1 fully saturated rings. The summed E-state index contributed by atoms with van der Waals surface area (Å²) < 4.78 is 5.73. The number of carbonyl (C=O) groups is 2. The smallest absolute Gasteiger partial charge is 0.119 e. The van der Waals surface area contributed by atoms with Gasteiger partial charge in [-0.2, -0.15) is 24.6 Å². The van der Waals surface area contributed by atoms with Crippen molar-refractivity contribution in [3.63, 3.8) is 0 Å². The summed E-state index contributed by atoms with van der Waals surface area (Å²) in [6.07, 6.45) is 6.78. The third kappa shape index (κ3) is 6.39. The van der Waals surface area contributed by atoms with Gasteiger partial charge in [-0.05, 0) is 25.9 Å². The predicted molar refractivity (Wildman–Crippen MR) is 92.8 cm³/mol. The monoisotopic (exact) mass is 419 g/mol. The molecule has 2 aliphatic heterocycles. The standard InChI is InChI=1S/C12H14NO.C7H12NO2.Y/c1-2-4-11-10(3-1)12(9-14-11)5-7-13-8-6-12;1-8-7(10)5-3-2-4-6-9;/h1,3-4,13H,5-9H2;5-6H,2-4H2,1H3,(H,8,10);/q2*-1;. The Balaban J connectivity index is 0.000000257. The van der Waals surface area contributed by atoms with Crippen LogP contribution < -0.4 is 15.4 Å². The number of unbranched alkanes of at least 4 members (excludes halogenated alkanes) is 2. The second-order valence-corrected chi connectivity index (χ2v) is 6.16. The Morgan fingerprint density at radius 3 is 2.92 bits per heavy atom. The van der Waals surface area contributed by atoms with Gasteiger partial charge in [-0.3, -0.25) is 0 Å². The van der Waals surface area contributed by atoms with Crippen LogP contribution in [0, 0.1) is 12.5 Å². The van der Waals surface area contributed by atoms with Crippen molar-refractivity contribution in [2.75, 3.05) is 26.7 Å². The van der Waals surface area contributed by atoms with Gasteiger partial charge in [0.05, 0.1) is 12.5 Å². The molecule has 2 heterocycles. The molecule has 0 atom stereocenters. The van der Waals surface area contributed by atoms with Crippen molar-refractivity contribution in [3.05, 3.63) is 36.2 Å². The Bertz CT molecular complexity index is 540. The SMILES string of the molecule is CNC(=O)[CH-]CCCC=O.[Y].[c-]1ccc2c(c1)OCC21CCNCC1. The molecule has 0 unspecified atom stereocenters. The second-order valence-electron chi connectivity index (χ2n) is 6.16. The quantitative estimate of drug-likeness (QED) is 0.434. The molecule has 0 saturated carbocycles. The van der Waals surface area contributed by atoms with E-state index in [2.05, 4.69) is 22.8 Å². The Morgan fingerprint density at radius 2 is 2.24 bits per heavy atom. The first-order valence-electron chi connectivity index (χ1n) is 8.54. The van der Waals surface area contributed by atoms with Crippen LogP contribution in [0.25, 0.3) is 0 Å². The number of ether oxygens (including phenoxy) is 1. The second kappa shape index (κ2) is 11.7. The van der Waals surface area contributed by atoms with Crippen LogP contribution in [0.2, 0.25) is 0 Å². The maximum atomic E-state index is 10.5.